The van der Waals surface area contributed by atoms with E-state index in [1.54, 1.807) is 0 Å². The number of hydrogen-bond acceptors (Lipinski definition) is 0. The molecule has 41 valence electrons. The minimum Gasteiger partial charge on any atom is -0.169 e. The normalized spacial score (nSPS) is 25.3. The van der Waals surface area contributed by atoms with E-state index < -0.39 is 0 Å². The summed E-state index contributed by atoms with van der Waals surface area (Å²) >= 11 is 5.92. The third-order valence-electron chi connectivity index (χ3n) is 1.40. The molecule has 0 nitrogen and oxygen atoms in total. The summed E-state index contributed by atoms with van der Waals surface area (Å²) in [5.41, 5.74) is 0. The van der Waals surface area contributed by atoms with Crippen LogP contribution in [-0.2, 0) is 0 Å². The van der Waals surface area contributed by atoms with Gasteiger partial charge in [0.2, 0.25) is 0 Å². The first-order chi connectivity index (χ1) is 3.39. The van der Waals surface area contributed by atoms with Crippen LogP contribution in [0.1, 0.15) is 19.3 Å². The van der Waals surface area contributed by atoms with Crippen LogP contribution in [0.15, 0.2) is 0 Å². The molecule has 0 N–H and O–H groups in total. The van der Waals surface area contributed by atoms with Gasteiger partial charge < -0.3 is 0 Å². The fourth-order valence-corrected chi connectivity index (χ4v) is 3.25. The van der Waals surface area contributed by atoms with Crippen LogP contribution >= 0.6 is 11.1 Å². The summed E-state index contributed by atoms with van der Waals surface area (Å²) < 4.78 is 0. The Labute approximate surface area is 51.2 Å². The average molecular weight is 134 g/mol. The Morgan fingerprint density at radius 2 is 1.57 bits per heavy atom. The molecule has 0 aliphatic carbocycles. The Morgan fingerprint density at radius 1 is 1.00 bits per heavy atom. The highest BCUT2D eigenvalue weighted by Gasteiger charge is 2.11. The van der Waals surface area contributed by atoms with Gasteiger partial charge in [0.05, 0.1) is 0 Å². The number of hydrogen-bond donors (Lipinski definition) is 0. The smallest absolute Gasteiger partial charge is 0.165 e. The molecule has 0 aromatic heterocycles. The predicted octanol–water partition coefficient (Wildman–Crippen LogP) is 2.40. The van der Waals surface area contributed by atoms with Crippen LogP contribution in [0.4, 0.5) is 0 Å². The molecule has 1 aliphatic heterocycles. The molecule has 0 aromatic rings. The van der Waals surface area contributed by atoms with Crippen molar-refractivity contribution in [3.8, 4) is 0 Å². The molecule has 1 aliphatic rings. The van der Waals surface area contributed by atoms with Gasteiger partial charge in [-0.1, -0.05) is 19.3 Å². The maximum Gasteiger partial charge on any atom is 0.165 e. The summed E-state index contributed by atoms with van der Waals surface area (Å²) in [5.74, 6) is 0. The van der Waals surface area contributed by atoms with Gasteiger partial charge in [0, 0.05) is 0 Å². The van der Waals surface area contributed by atoms with Crippen molar-refractivity contribution in [3.05, 3.63) is 0 Å². The Balaban J connectivity index is 2.12. The lowest BCUT2D eigenvalue weighted by atomic mass is 10.3. The molecule has 0 aromatic carbocycles. The van der Waals surface area contributed by atoms with E-state index >= 15 is 0 Å². The highest BCUT2D eigenvalue weighted by Crippen LogP contribution is 2.20. The van der Waals surface area contributed by atoms with Gasteiger partial charge in [-0.15, -0.1) is 0 Å². The summed E-state index contributed by atoms with van der Waals surface area (Å²) in [6.07, 6.45) is 4.23. The zero-order valence-electron chi connectivity index (χ0n) is 4.41. The molecular formula is C5H10ClSi. The molecule has 7 heavy (non-hydrogen) atoms. The van der Waals surface area contributed by atoms with Gasteiger partial charge in [0.25, 0.3) is 0 Å². The minimum atomic E-state index is -0.321. The Morgan fingerprint density at radius 3 is 1.86 bits per heavy atom. The SMILES string of the molecule is Cl[Si]1CCCCC1. The summed E-state index contributed by atoms with van der Waals surface area (Å²) in [6, 6.07) is 2.71. The molecule has 0 saturated carbocycles. The average Bonchev–Trinajstić information content (AvgIpc) is 1.69. The fraction of sp³-hybridized carbons (Fsp3) is 1.00. The predicted molar refractivity (Wildman–Crippen MR) is 35.1 cm³/mol. The lowest BCUT2D eigenvalue weighted by Gasteiger charge is -2.11. The second kappa shape index (κ2) is 2.73. The lowest BCUT2D eigenvalue weighted by molar-refractivity contribution is 0.731. The first-order valence-electron chi connectivity index (χ1n) is 2.90. The quantitative estimate of drug-likeness (QED) is 0.352. The van der Waals surface area contributed by atoms with Crippen molar-refractivity contribution in [3.63, 3.8) is 0 Å². The number of rotatable bonds is 0. The third-order valence-corrected chi connectivity index (χ3v) is 4.32. The van der Waals surface area contributed by atoms with Crippen molar-refractivity contribution < 1.29 is 0 Å². The maximum atomic E-state index is 5.92. The van der Waals surface area contributed by atoms with Crippen LogP contribution in [-0.4, -0.2) is 8.11 Å². The largest absolute Gasteiger partial charge is 0.169 e. The van der Waals surface area contributed by atoms with E-state index in [1.807, 2.05) is 0 Å². The molecule has 1 saturated heterocycles. The highest BCUT2D eigenvalue weighted by atomic mass is 35.6. The van der Waals surface area contributed by atoms with E-state index in [0.717, 1.165) is 0 Å². The molecule has 1 rings (SSSR count). The third kappa shape index (κ3) is 1.83. The van der Waals surface area contributed by atoms with Crippen LogP contribution in [0.5, 0.6) is 0 Å². The standard InChI is InChI=1S/C5H10ClSi/c6-7-4-2-1-3-5-7/h1-5H2. The van der Waals surface area contributed by atoms with E-state index in [4.69, 9.17) is 11.1 Å². The van der Waals surface area contributed by atoms with E-state index in [2.05, 4.69) is 0 Å². The molecule has 1 fully saturated rings. The zero-order valence-corrected chi connectivity index (χ0v) is 6.17. The van der Waals surface area contributed by atoms with Crippen molar-refractivity contribution >= 4 is 19.2 Å². The molecule has 0 atom stereocenters. The zero-order chi connectivity index (χ0) is 5.11. The minimum absolute atomic E-state index is 0.321. The van der Waals surface area contributed by atoms with Crippen molar-refractivity contribution in [2.75, 3.05) is 0 Å². The van der Waals surface area contributed by atoms with Gasteiger partial charge in [-0.2, -0.15) is 11.1 Å². The molecule has 0 amide bonds. The molecule has 1 heterocycles. The maximum absolute atomic E-state index is 5.92. The molecule has 0 bridgehead atoms. The lowest BCUT2D eigenvalue weighted by Crippen LogP contribution is -2.06. The van der Waals surface area contributed by atoms with E-state index in [9.17, 15) is 0 Å². The van der Waals surface area contributed by atoms with Gasteiger partial charge >= 0.3 is 0 Å². The van der Waals surface area contributed by atoms with Crippen LogP contribution in [0, 0.1) is 0 Å². The molecular weight excluding hydrogens is 124 g/mol. The summed E-state index contributed by atoms with van der Waals surface area (Å²) in [4.78, 5) is 0. The molecule has 0 unspecified atom stereocenters. The Kier molecular flexibility index (Phi) is 2.20. The van der Waals surface area contributed by atoms with Crippen LogP contribution < -0.4 is 0 Å². The summed E-state index contributed by atoms with van der Waals surface area (Å²) in [6.45, 7) is 0. The Bertz CT molecular complexity index is 50.0. The van der Waals surface area contributed by atoms with E-state index in [0.29, 0.717) is 0 Å². The molecule has 0 spiro atoms. The monoisotopic (exact) mass is 133 g/mol. The number of halogens is 1. The fourth-order valence-electron chi connectivity index (χ4n) is 0.935. The molecule has 1 radical (unpaired) electrons. The van der Waals surface area contributed by atoms with Crippen LogP contribution in [0.3, 0.4) is 0 Å². The summed E-state index contributed by atoms with van der Waals surface area (Å²) in [5, 5.41) is 0. The van der Waals surface area contributed by atoms with E-state index in [1.165, 1.54) is 31.4 Å². The van der Waals surface area contributed by atoms with Gasteiger partial charge in [-0.3, -0.25) is 0 Å². The van der Waals surface area contributed by atoms with Crippen LogP contribution in [0.2, 0.25) is 12.1 Å². The van der Waals surface area contributed by atoms with Crippen molar-refractivity contribution in [1.29, 1.82) is 0 Å². The van der Waals surface area contributed by atoms with Gasteiger partial charge in [0.15, 0.2) is 8.11 Å². The van der Waals surface area contributed by atoms with Crippen molar-refractivity contribution in [2.24, 2.45) is 0 Å². The highest BCUT2D eigenvalue weighted by molar-refractivity contribution is 7.06. The molecule has 2 heteroatoms. The van der Waals surface area contributed by atoms with E-state index in [-0.39, 0.29) is 8.11 Å². The summed E-state index contributed by atoms with van der Waals surface area (Å²) in [7, 11) is -0.321. The van der Waals surface area contributed by atoms with Gasteiger partial charge in [-0.05, 0) is 12.1 Å². The Hall–Kier alpha value is 0.507. The van der Waals surface area contributed by atoms with Gasteiger partial charge in [-0.25, -0.2) is 0 Å². The first-order valence-corrected chi connectivity index (χ1v) is 5.82. The van der Waals surface area contributed by atoms with Gasteiger partial charge in [0.1, 0.15) is 0 Å². The van der Waals surface area contributed by atoms with Crippen molar-refractivity contribution in [2.45, 2.75) is 31.4 Å². The second-order valence-electron chi connectivity index (χ2n) is 2.08. The second-order valence-corrected chi connectivity index (χ2v) is 5.72. The van der Waals surface area contributed by atoms with Crippen molar-refractivity contribution in [1.82, 2.24) is 0 Å². The topological polar surface area (TPSA) is 0 Å². The first kappa shape index (κ1) is 5.64. The van der Waals surface area contributed by atoms with Crippen LogP contribution in [0.25, 0.3) is 0 Å².